The second-order valence-electron chi connectivity index (χ2n) is 6.99. The van der Waals surface area contributed by atoms with E-state index in [-0.39, 0.29) is 24.0 Å². The molecular formula is C18H25N5O2. The fourth-order valence-corrected chi connectivity index (χ4v) is 3.07. The Hall–Kier alpha value is -2.28. The van der Waals surface area contributed by atoms with Crippen molar-refractivity contribution in [3.63, 3.8) is 0 Å². The molecule has 2 heterocycles. The van der Waals surface area contributed by atoms with E-state index in [9.17, 15) is 9.90 Å². The van der Waals surface area contributed by atoms with Crippen LogP contribution in [0.4, 0.5) is 11.8 Å². The Balaban J connectivity index is 1.92. The van der Waals surface area contributed by atoms with Crippen LogP contribution in [0.3, 0.4) is 0 Å². The molecule has 0 atom stereocenters. The lowest BCUT2D eigenvalue weighted by atomic mass is 9.93. The lowest BCUT2D eigenvalue weighted by molar-refractivity contribution is 0.101. The SMILES string of the molecule is CC(=O)c1cc2cnc(NC3CCC(O)CC3)nc2c(NC(C)C)n1. The Bertz CT molecular complexity index is 769. The number of ketones is 1. The van der Waals surface area contributed by atoms with Crippen LogP contribution in [0.2, 0.25) is 0 Å². The Morgan fingerprint density at radius 1 is 1.24 bits per heavy atom. The topological polar surface area (TPSA) is 100 Å². The smallest absolute Gasteiger partial charge is 0.223 e. The molecule has 3 N–H and O–H groups in total. The molecule has 1 aliphatic carbocycles. The van der Waals surface area contributed by atoms with Gasteiger partial charge in [-0.15, -0.1) is 0 Å². The summed E-state index contributed by atoms with van der Waals surface area (Å²) in [6.45, 7) is 5.53. The fourth-order valence-electron chi connectivity index (χ4n) is 3.07. The normalized spacial score (nSPS) is 20.7. The third kappa shape index (κ3) is 4.22. The summed E-state index contributed by atoms with van der Waals surface area (Å²) in [5.74, 6) is 1.07. The van der Waals surface area contributed by atoms with Gasteiger partial charge in [-0.1, -0.05) is 0 Å². The maximum Gasteiger partial charge on any atom is 0.223 e. The number of aliphatic hydroxyl groups is 1. The van der Waals surface area contributed by atoms with Crippen LogP contribution in [0.25, 0.3) is 10.9 Å². The number of aromatic nitrogens is 3. The molecule has 2 aromatic rings. The van der Waals surface area contributed by atoms with Crippen molar-refractivity contribution in [2.75, 3.05) is 10.6 Å². The fraction of sp³-hybridized carbons (Fsp3) is 0.556. The number of anilines is 2. The van der Waals surface area contributed by atoms with E-state index < -0.39 is 0 Å². The molecule has 7 heteroatoms. The molecule has 7 nitrogen and oxygen atoms in total. The van der Waals surface area contributed by atoms with Gasteiger partial charge in [0.15, 0.2) is 11.6 Å². The van der Waals surface area contributed by atoms with Crippen molar-refractivity contribution in [2.24, 2.45) is 0 Å². The molecule has 2 aromatic heterocycles. The molecule has 0 aromatic carbocycles. The van der Waals surface area contributed by atoms with Gasteiger partial charge >= 0.3 is 0 Å². The van der Waals surface area contributed by atoms with Gasteiger partial charge in [0, 0.05) is 30.6 Å². The first-order valence-corrected chi connectivity index (χ1v) is 8.82. The first-order chi connectivity index (χ1) is 11.9. The summed E-state index contributed by atoms with van der Waals surface area (Å²) in [6, 6.07) is 2.17. The molecule has 0 aliphatic heterocycles. The van der Waals surface area contributed by atoms with E-state index in [1.807, 2.05) is 13.8 Å². The summed E-state index contributed by atoms with van der Waals surface area (Å²) in [5, 5.41) is 17.0. The minimum Gasteiger partial charge on any atom is -0.393 e. The highest BCUT2D eigenvalue weighted by molar-refractivity contribution is 5.98. The first kappa shape index (κ1) is 17.5. The molecule has 134 valence electrons. The Kier molecular flexibility index (Phi) is 5.13. The number of pyridine rings is 1. The van der Waals surface area contributed by atoms with Gasteiger partial charge in [-0.25, -0.2) is 15.0 Å². The standard InChI is InChI=1S/C18H25N5O2/c1-10(2)20-17-16-12(8-15(22-17)11(3)24)9-19-18(23-16)21-13-4-6-14(25)7-5-13/h8-10,13-14,25H,4-7H2,1-3H3,(H,20,22)(H,19,21,23). The van der Waals surface area contributed by atoms with Crippen LogP contribution in [0, 0.1) is 0 Å². The van der Waals surface area contributed by atoms with Gasteiger partial charge in [0.2, 0.25) is 5.95 Å². The number of hydrogen-bond donors (Lipinski definition) is 3. The van der Waals surface area contributed by atoms with Crippen LogP contribution in [-0.2, 0) is 0 Å². The summed E-state index contributed by atoms with van der Waals surface area (Å²) >= 11 is 0. The minimum absolute atomic E-state index is 0.0864. The zero-order chi connectivity index (χ0) is 18.0. The van der Waals surface area contributed by atoms with Crippen LogP contribution < -0.4 is 10.6 Å². The van der Waals surface area contributed by atoms with Gasteiger partial charge in [0.1, 0.15) is 11.2 Å². The summed E-state index contributed by atoms with van der Waals surface area (Å²) in [7, 11) is 0. The average molecular weight is 343 g/mol. The molecule has 1 aliphatic rings. The van der Waals surface area contributed by atoms with E-state index in [4.69, 9.17) is 0 Å². The van der Waals surface area contributed by atoms with E-state index in [0.29, 0.717) is 23.0 Å². The number of hydrogen-bond acceptors (Lipinski definition) is 7. The number of rotatable bonds is 5. The van der Waals surface area contributed by atoms with E-state index in [1.54, 1.807) is 12.3 Å². The minimum atomic E-state index is -0.188. The highest BCUT2D eigenvalue weighted by atomic mass is 16.3. The lowest BCUT2D eigenvalue weighted by Crippen LogP contribution is -2.28. The van der Waals surface area contributed by atoms with Crippen LogP contribution in [-0.4, -0.2) is 44.0 Å². The second-order valence-corrected chi connectivity index (χ2v) is 6.99. The highest BCUT2D eigenvalue weighted by Crippen LogP contribution is 2.25. The molecule has 0 unspecified atom stereocenters. The maximum atomic E-state index is 11.7. The summed E-state index contributed by atoms with van der Waals surface area (Å²) < 4.78 is 0. The molecule has 1 saturated carbocycles. The summed E-state index contributed by atoms with van der Waals surface area (Å²) in [4.78, 5) is 25.2. The lowest BCUT2D eigenvalue weighted by Gasteiger charge is -2.26. The second kappa shape index (κ2) is 7.31. The van der Waals surface area contributed by atoms with Crippen molar-refractivity contribution in [1.82, 2.24) is 15.0 Å². The quantitative estimate of drug-likeness (QED) is 0.718. The van der Waals surface area contributed by atoms with Gasteiger partial charge in [-0.05, 0) is 45.6 Å². The number of aliphatic hydroxyl groups excluding tert-OH is 1. The number of carbonyl (C=O) groups is 1. The van der Waals surface area contributed by atoms with Crippen molar-refractivity contribution in [2.45, 2.75) is 64.6 Å². The largest absolute Gasteiger partial charge is 0.393 e. The number of nitrogens with one attached hydrogen (secondary N) is 2. The van der Waals surface area contributed by atoms with Crippen molar-refractivity contribution in [3.05, 3.63) is 18.0 Å². The van der Waals surface area contributed by atoms with E-state index >= 15 is 0 Å². The number of carbonyl (C=O) groups excluding carboxylic acids is 1. The number of nitrogens with zero attached hydrogens (tertiary/aromatic N) is 3. The summed E-state index contributed by atoms with van der Waals surface area (Å²) in [6.07, 6.45) is 4.94. The van der Waals surface area contributed by atoms with Crippen molar-refractivity contribution >= 4 is 28.5 Å². The van der Waals surface area contributed by atoms with Crippen LogP contribution in [0.15, 0.2) is 12.3 Å². The van der Waals surface area contributed by atoms with Crippen molar-refractivity contribution in [3.8, 4) is 0 Å². The molecule has 0 spiro atoms. The zero-order valence-corrected chi connectivity index (χ0v) is 14.9. The van der Waals surface area contributed by atoms with Crippen molar-refractivity contribution in [1.29, 1.82) is 0 Å². The number of Topliss-reactive ketones (excluding diaryl/α,β-unsaturated/α-hetero) is 1. The summed E-state index contributed by atoms with van der Waals surface area (Å²) in [5.41, 5.74) is 1.10. The van der Waals surface area contributed by atoms with Crippen LogP contribution in [0.1, 0.15) is 56.9 Å². The predicted molar refractivity (Wildman–Crippen MR) is 98.0 cm³/mol. The average Bonchev–Trinajstić information content (AvgIpc) is 2.56. The van der Waals surface area contributed by atoms with Gasteiger partial charge in [0.05, 0.1) is 6.10 Å². The molecule has 0 saturated heterocycles. The monoisotopic (exact) mass is 343 g/mol. The Morgan fingerprint density at radius 2 is 1.96 bits per heavy atom. The van der Waals surface area contributed by atoms with E-state index in [2.05, 4.69) is 25.6 Å². The third-order valence-corrected chi connectivity index (χ3v) is 4.38. The molecule has 0 bridgehead atoms. The van der Waals surface area contributed by atoms with Gasteiger partial charge in [0.25, 0.3) is 0 Å². The molecule has 1 fully saturated rings. The number of fused-ring (bicyclic) bond motifs is 1. The van der Waals surface area contributed by atoms with Gasteiger partial charge < -0.3 is 15.7 Å². The van der Waals surface area contributed by atoms with Crippen molar-refractivity contribution < 1.29 is 9.90 Å². The first-order valence-electron chi connectivity index (χ1n) is 8.82. The molecule has 25 heavy (non-hydrogen) atoms. The molecule has 0 amide bonds. The van der Waals surface area contributed by atoms with Gasteiger partial charge in [-0.2, -0.15) is 0 Å². The highest BCUT2D eigenvalue weighted by Gasteiger charge is 2.20. The zero-order valence-electron chi connectivity index (χ0n) is 14.9. The Labute approximate surface area is 147 Å². The van der Waals surface area contributed by atoms with E-state index in [1.165, 1.54) is 6.92 Å². The molecular weight excluding hydrogens is 318 g/mol. The van der Waals surface area contributed by atoms with Gasteiger partial charge in [-0.3, -0.25) is 4.79 Å². The van der Waals surface area contributed by atoms with Crippen LogP contribution >= 0.6 is 0 Å². The predicted octanol–water partition coefficient (Wildman–Crippen LogP) is 2.76. The Morgan fingerprint density at radius 3 is 2.60 bits per heavy atom. The van der Waals surface area contributed by atoms with Crippen LogP contribution in [0.5, 0.6) is 0 Å². The molecule has 0 radical (unpaired) electrons. The van der Waals surface area contributed by atoms with E-state index in [0.717, 1.165) is 31.1 Å². The molecule has 3 rings (SSSR count). The third-order valence-electron chi connectivity index (χ3n) is 4.38. The maximum absolute atomic E-state index is 11.7.